The number of rotatable bonds is 5. The number of carbonyl (C=O) groups excluding carboxylic acids is 1. The molecular formula is C13H17NO5. The Morgan fingerprint density at radius 2 is 2.32 bits per heavy atom. The van der Waals surface area contributed by atoms with Gasteiger partial charge in [0.15, 0.2) is 0 Å². The summed E-state index contributed by atoms with van der Waals surface area (Å²) in [5, 5.41) is 8.84. The summed E-state index contributed by atoms with van der Waals surface area (Å²) in [5.74, 6) is -0.945. The minimum atomic E-state index is -0.914. The molecule has 19 heavy (non-hydrogen) atoms. The molecule has 0 spiro atoms. The minimum Gasteiger partial charge on any atom is -0.481 e. The van der Waals surface area contributed by atoms with E-state index in [1.54, 1.807) is 17.4 Å². The van der Waals surface area contributed by atoms with Crippen LogP contribution in [0.25, 0.3) is 0 Å². The first-order chi connectivity index (χ1) is 9.16. The highest BCUT2D eigenvalue weighted by molar-refractivity contribution is 5.78. The average molecular weight is 267 g/mol. The van der Waals surface area contributed by atoms with Crippen molar-refractivity contribution in [3.63, 3.8) is 0 Å². The van der Waals surface area contributed by atoms with Gasteiger partial charge in [-0.3, -0.25) is 9.59 Å². The van der Waals surface area contributed by atoms with Crippen LogP contribution < -0.4 is 0 Å². The molecule has 0 bridgehead atoms. The molecule has 0 radical (unpaired) electrons. The van der Waals surface area contributed by atoms with Gasteiger partial charge >= 0.3 is 5.97 Å². The van der Waals surface area contributed by atoms with Gasteiger partial charge in [-0.05, 0) is 18.1 Å². The Labute approximate surface area is 110 Å². The van der Waals surface area contributed by atoms with Gasteiger partial charge in [-0.15, -0.1) is 0 Å². The number of furan rings is 1. The zero-order valence-corrected chi connectivity index (χ0v) is 10.6. The Balaban J connectivity index is 1.89. The van der Waals surface area contributed by atoms with E-state index in [2.05, 4.69) is 0 Å². The number of carboxylic acids is 1. The summed E-state index contributed by atoms with van der Waals surface area (Å²) >= 11 is 0. The van der Waals surface area contributed by atoms with Crippen LogP contribution in [0.1, 0.15) is 18.4 Å². The van der Waals surface area contributed by atoms with Crippen molar-refractivity contribution in [1.82, 2.24) is 4.90 Å². The van der Waals surface area contributed by atoms with Crippen LogP contribution in [-0.2, 0) is 20.7 Å². The number of hydrogen-bond donors (Lipinski definition) is 1. The number of hydrogen-bond acceptors (Lipinski definition) is 4. The molecule has 2 heterocycles. The Morgan fingerprint density at radius 3 is 3.00 bits per heavy atom. The van der Waals surface area contributed by atoms with E-state index in [0.717, 1.165) is 5.56 Å². The Morgan fingerprint density at radius 1 is 1.47 bits per heavy atom. The van der Waals surface area contributed by atoms with Gasteiger partial charge in [0.2, 0.25) is 5.91 Å². The summed E-state index contributed by atoms with van der Waals surface area (Å²) in [5.41, 5.74) is 0.969. The van der Waals surface area contributed by atoms with Crippen molar-refractivity contribution < 1.29 is 23.8 Å². The van der Waals surface area contributed by atoms with E-state index in [0.29, 0.717) is 32.6 Å². The number of aryl methyl sites for hydroxylation is 1. The molecule has 0 aliphatic carbocycles. The Bertz CT molecular complexity index is 428. The van der Waals surface area contributed by atoms with Crippen molar-refractivity contribution in [3.05, 3.63) is 24.2 Å². The molecule has 1 atom stereocenters. The average Bonchev–Trinajstić information content (AvgIpc) is 2.89. The Kier molecular flexibility index (Phi) is 4.57. The lowest BCUT2D eigenvalue weighted by atomic mass is 10.1. The molecule has 0 aromatic carbocycles. The number of morpholine rings is 1. The van der Waals surface area contributed by atoms with Gasteiger partial charge in [-0.2, -0.15) is 0 Å². The van der Waals surface area contributed by atoms with Crippen LogP contribution in [0.15, 0.2) is 23.0 Å². The molecule has 104 valence electrons. The van der Waals surface area contributed by atoms with Crippen molar-refractivity contribution in [2.75, 3.05) is 19.8 Å². The lowest BCUT2D eigenvalue weighted by molar-refractivity contribution is -0.146. The van der Waals surface area contributed by atoms with Crippen LogP contribution >= 0.6 is 0 Å². The van der Waals surface area contributed by atoms with E-state index in [1.807, 2.05) is 6.07 Å². The molecule has 1 unspecified atom stereocenters. The Hall–Kier alpha value is -1.82. The molecule has 6 nitrogen and oxygen atoms in total. The highest BCUT2D eigenvalue weighted by Gasteiger charge is 2.28. The molecule has 1 aliphatic rings. The maximum Gasteiger partial charge on any atom is 0.305 e. The van der Waals surface area contributed by atoms with Crippen LogP contribution in [-0.4, -0.2) is 47.7 Å². The standard InChI is InChI=1S/C13H17NO5/c15-12(2-1-10-3-5-18-8-10)14-4-6-19-9-11(14)7-13(16)17/h3,5,8,11H,1-2,4,6-7,9H2,(H,16,17). The molecule has 1 aromatic heterocycles. The molecular weight excluding hydrogens is 250 g/mol. The zero-order valence-electron chi connectivity index (χ0n) is 10.6. The fraction of sp³-hybridized carbons (Fsp3) is 0.538. The summed E-state index contributed by atoms with van der Waals surface area (Å²) < 4.78 is 10.2. The largest absolute Gasteiger partial charge is 0.481 e. The van der Waals surface area contributed by atoms with Crippen LogP contribution in [0.4, 0.5) is 0 Å². The SMILES string of the molecule is O=C(O)CC1COCCN1C(=O)CCc1ccoc1. The summed E-state index contributed by atoms with van der Waals surface area (Å²) in [7, 11) is 0. The highest BCUT2D eigenvalue weighted by Crippen LogP contribution is 2.14. The number of nitrogens with zero attached hydrogens (tertiary/aromatic N) is 1. The molecule has 1 aliphatic heterocycles. The van der Waals surface area contributed by atoms with Crippen LogP contribution in [0.2, 0.25) is 0 Å². The summed E-state index contributed by atoms with van der Waals surface area (Å²) in [6, 6.07) is 1.46. The third-order valence-electron chi connectivity index (χ3n) is 3.17. The minimum absolute atomic E-state index is 0.0317. The zero-order chi connectivity index (χ0) is 13.7. The fourth-order valence-electron chi connectivity index (χ4n) is 2.18. The lowest BCUT2D eigenvalue weighted by Gasteiger charge is -2.34. The van der Waals surface area contributed by atoms with E-state index >= 15 is 0 Å². The molecule has 6 heteroatoms. The van der Waals surface area contributed by atoms with Crippen molar-refractivity contribution in [3.8, 4) is 0 Å². The topological polar surface area (TPSA) is 80.0 Å². The van der Waals surface area contributed by atoms with Crippen LogP contribution in [0, 0.1) is 0 Å². The number of carboxylic acid groups (broad SMARTS) is 1. The van der Waals surface area contributed by atoms with Gasteiger partial charge in [-0.1, -0.05) is 0 Å². The van der Waals surface area contributed by atoms with E-state index < -0.39 is 5.97 Å². The molecule has 0 saturated carbocycles. The van der Waals surface area contributed by atoms with Crippen molar-refractivity contribution in [2.45, 2.75) is 25.3 Å². The van der Waals surface area contributed by atoms with Crippen LogP contribution in [0.3, 0.4) is 0 Å². The van der Waals surface area contributed by atoms with Crippen molar-refractivity contribution in [1.29, 1.82) is 0 Å². The predicted octanol–water partition coefficient (Wildman–Crippen LogP) is 0.914. The summed E-state index contributed by atoms with van der Waals surface area (Å²) in [6.07, 6.45) is 4.07. The second kappa shape index (κ2) is 6.38. The molecule has 1 saturated heterocycles. The van der Waals surface area contributed by atoms with E-state index in [9.17, 15) is 9.59 Å². The summed E-state index contributed by atoms with van der Waals surface area (Å²) in [6.45, 7) is 1.22. The van der Waals surface area contributed by atoms with Crippen LogP contribution in [0.5, 0.6) is 0 Å². The quantitative estimate of drug-likeness (QED) is 0.857. The van der Waals surface area contributed by atoms with E-state index in [-0.39, 0.29) is 18.4 Å². The molecule has 1 aromatic rings. The van der Waals surface area contributed by atoms with Crippen molar-refractivity contribution >= 4 is 11.9 Å². The second-order valence-electron chi connectivity index (χ2n) is 4.55. The van der Waals surface area contributed by atoms with Gasteiger partial charge in [-0.25, -0.2) is 0 Å². The normalized spacial score (nSPS) is 19.4. The summed E-state index contributed by atoms with van der Waals surface area (Å²) in [4.78, 5) is 24.5. The monoisotopic (exact) mass is 267 g/mol. The predicted molar refractivity (Wildman–Crippen MR) is 65.6 cm³/mol. The maximum absolute atomic E-state index is 12.1. The third-order valence-corrected chi connectivity index (χ3v) is 3.17. The molecule has 1 fully saturated rings. The third kappa shape index (κ3) is 3.82. The van der Waals surface area contributed by atoms with Gasteiger partial charge in [0.1, 0.15) is 0 Å². The first kappa shape index (κ1) is 13.6. The van der Waals surface area contributed by atoms with E-state index in [1.165, 1.54) is 0 Å². The van der Waals surface area contributed by atoms with Gasteiger partial charge in [0.05, 0.1) is 38.2 Å². The van der Waals surface area contributed by atoms with Crippen molar-refractivity contribution in [2.24, 2.45) is 0 Å². The van der Waals surface area contributed by atoms with E-state index in [4.69, 9.17) is 14.3 Å². The number of aliphatic carboxylic acids is 1. The first-order valence-electron chi connectivity index (χ1n) is 6.27. The smallest absolute Gasteiger partial charge is 0.305 e. The lowest BCUT2D eigenvalue weighted by Crippen LogP contribution is -2.49. The van der Waals surface area contributed by atoms with Gasteiger partial charge < -0.3 is 19.2 Å². The number of carbonyl (C=O) groups is 2. The molecule has 1 amide bonds. The van der Waals surface area contributed by atoms with Gasteiger partial charge in [0, 0.05) is 13.0 Å². The molecule has 1 N–H and O–H groups in total. The second-order valence-corrected chi connectivity index (χ2v) is 4.55. The highest BCUT2D eigenvalue weighted by atomic mass is 16.5. The number of ether oxygens (including phenoxy) is 1. The fourth-order valence-corrected chi connectivity index (χ4v) is 2.18. The number of amides is 1. The van der Waals surface area contributed by atoms with Gasteiger partial charge in [0.25, 0.3) is 0 Å². The molecule has 2 rings (SSSR count). The first-order valence-corrected chi connectivity index (χ1v) is 6.27. The maximum atomic E-state index is 12.1.